The third kappa shape index (κ3) is 4.16. The number of halogens is 3. The number of nitrogens with two attached hydrogens (primary N) is 1. The molecule has 2 rings (SSSR count). The van der Waals surface area contributed by atoms with E-state index in [4.69, 9.17) is 11.0 Å². The lowest BCUT2D eigenvalue weighted by atomic mass is 10.1. The summed E-state index contributed by atoms with van der Waals surface area (Å²) in [6.45, 7) is 1.63. The Kier molecular flexibility index (Phi) is 4.45. The fraction of sp³-hybridized carbons (Fsp3) is 0.143. The third-order valence-corrected chi connectivity index (χ3v) is 2.67. The van der Waals surface area contributed by atoms with Crippen LogP contribution in [0.25, 0.3) is 0 Å². The molecule has 1 heterocycles. The molecule has 0 saturated heterocycles. The van der Waals surface area contributed by atoms with Crippen LogP contribution in [0.1, 0.15) is 17.0 Å². The van der Waals surface area contributed by atoms with E-state index in [1.165, 1.54) is 24.3 Å². The van der Waals surface area contributed by atoms with Crippen LogP contribution in [0, 0.1) is 18.3 Å². The highest BCUT2D eigenvalue weighted by Gasteiger charge is 2.33. The minimum atomic E-state index is -4.53. The molecule has 0 radical (unpaired) electrons. The van der Waals surface area contributed by atoms with Crippen molar-refractivity contribution >= 4 is 17.6 Å². The van der Waals surface area contributed by atoms with E-state index in [1.54, 1.807) is 6.92 Å². The second kappa shape index (κ2) is 6.31. The normalized spacial score (nSPS) is 11.9. The maximum atomic E-state index is 12.9. The summed E-state index contributed by atoms with van der Waals surface area (Å²) < 4.78 is 38.7. The topological polar surface area (TPSA) is 100.0 Å². The minimum absolute atomic E-state index is 0.0831. The van der Waals surface area contributed by atoms with Crippen molar-refractivity contribution in [2.75, 3.05) is 5.32 Å². The molecule has 0 fully saturated rings. The summed E-state index contributed by atoms with van der Waals surface area (Å²) in [6, 6.07) is 8.12. The average Bonchev–Trinajstić information content (AvgIpc) is 2.45. The number of anilines is 1. The predicted octanol–water partition coefficient (Wildman–Crippen LogP) is 2.73. The van der Waals surface area contributed by atoms with Crippen LogP contribution in [-0.4, -0.2) is 15.9 Å². The van der Waals surface area contributed by atoms with Gasteiger partial charge in [0.2, 0.25) is 5.96 Å². The quantitative estimate of drug-likeness (QED) is 0.654. The number of benzene rings is 1. The lowest BCUT2D eigenvalue weighted by molar-refractivity contribution is -0.136. The van der Waals surface area contributed by atoms with Gasteiger partial charge in [0, 0.05) is 5.69 Å². The highest BCUT2D eigenvalue weighted by molar-refractivity contribution is 5.94. The highest BCUT2D eigenvalue weighted by atomic mass is 19.4. The van der Waals surface area contributed by atoms with Crippen molar-refractivity contribution in [2.45, 2.75) is 13.1 Å². The second-order valence-electron chi connectivity index (χ2n) is 4.47. The Morgan fingerprint density at radius 3 is 2.65 bits per heavy atom. The number of nitrogens with zero attached hydrogens (tertiary/aromatic N) is 4. The van der Waals surface area contributed by atoms with Crippen molar-refractivity contribution in [1.29, 1.82) is 5.26 Å². The maximum absolute atomic E-state index is 12.9. The Bertz CT molecular complexity index is 792. The van der Waals surface area contributed by atoms with Crippen LogP contribution >= 0.6 is 0 Å². The monoisotopic (exact) mass is 320 g/mol. The number of hydrogen-bond acceptors (Lipinski definition) is 4. The van der Waals surface area contributed by atoms with Crippen LogP contribution in [-0.2, 0) is 6.18 Å². The van der Waals surface area contributed by atoms with Crippen LogP contribution in [0.15, 0.2) is 35.3 Å². The van der Waals surface area contributed by atoms with Gasteiger partial charge in [-0.2, -0.15) is 23.4 Å². The molecular weight excluding hydrogens is 309 g/mol. The number of aryl methyl sites for hydroxylation is 1. The fourth-order valence-corrected chi connectivity index (χ4v) is 1.77. The van der Waals surface area contributed by atoms with E-state index in [0.717, 1.165) is 6.07 Å². The van der Waals surface area contributed by atoms with Crippen molar-refractivity contribution in [3.8, 4) is 6.07 Å². The lowest BCUT2D eigenvalue weighted by Gasteiger charge is -2.13. The molecule has 0 unspecified atom stereocenters. The first kappa shape index (κ1) is 16.2. The SMILES string of the molecule is Cc1cc(C#N)nc(/N=C(/N)Nc2ccccc2C(F)(F)F)n1. The van der Waals surface area contributed by atoms with E-state index < -0.39 is 11.7 Å². The Morgan fingerprint density at radius 1 is 1.30 bits per heavy atom. The molecule has 0 bridgehead atoms. The van der Waals surface area contributed by atoms with Crippen LogP contribution in [0.4, 0.5) is 24.8 Å². The van der Waals surface area contributed by atoms with Gasteiger partial charge >= 0.3 is 6.18 Å². The second-order valence-corrected chi connectivity index (χ2v) is 4.47. The molecule has 0 amide bonds. The summed E-state index contributed by atoms with van der Waals surface area (Å²) in [4.78, 5) is 11.5. The summed E-state index contributed by atoms with van der Waals surface area (Å²) in [5, 5.41) is 11.2. The molecule has 2 aromatic rings. The van der Waals surface area contributed by atoms with Gasteiger partial charge in [0.05, 0.1) is 11.3 Å². The zero-order chi connectivity index (χ0) is 17.0. The van der Waals surface area contributed by atoms with Crippen molar-refractivity contribution < 1.29 is 13.2 Å². The molecule has 0 aliphatic rings. The predicted molar refractivity (Wildman–Crippen MR) is 77.8 cm³/mol. The van der Waals surface area contributed by atoms with E-state index in [-0.39, 0.29) is 23.3 Å². The first-order chi connectivity index (χ1) is 10.8. The number of aliphatic imine (C=N–C) groups is 1. The fourth-order valence-electron chi connectivity index (χ4n) is 1.77. The molecule has 0 atom stereocenters. The van der Waals surface area contributed by atoms with Gasteiger partial charge in [-0.05, 0) is 25.1 Å². The number of rotatable bonds is 2. The van der Waals surface area contributed by atoms with Gasteiger partial charge in [0.25, 0.3) is 5.95 Å². The Hall–Kier alpha value is -3.15. The molecule has 0 aliphatic carbocycles. The maximum Gasteiger partial charge on any atom is 0.418 e. The van der Waals surface area contributed by atoms with Crippen molar-refractivity contribution in [3.05, 3.63) is 47.3 Å². The molecule has 0 saturated carbocycles. The van der Waals surface area contributed by atoms with Gasteiger partial charge < -0.3 is 11.1 Å². The number of aromatic nitrogens is 2. The number of para-hydroxylation sites is 1. The number of nitriles is 1. The summed E-state index contributed by atoms with van der Waals surface area (Å²) in [5.74, 6) is -0.438. The molecular formula is C14H11F3N6. The van der Waals surface area contributed by atoms with Crippen LogP contribution in [0.5, 0.6) is 0 Å². The van der Waals surface area contributed by atoms with Gasteiger partial charge in [-0.25, -0.2) is 9.97 Å². The Balaban J connectivity index is 2.32. The summed E-state index contributed by atoms with van der Waals surface area (Å²) >= 11 is 0. The van der Waals surface area contributed by atoms with E-state index in [2.05, 4.69) is 20.3 Å². The molecule has 3 N–H and O–H groups in total. The van der Waals surface area contributed by atoms with E-state index in [1.807, 2.05) is 6.07 Å². The molecule has 1 aromatic carbocycles. The zero-order valence-corrected chi connectivity index (χ0v) is 11.9. The van der Waals surface area contributed by atoms with Crippen LogP contribution < -0.4 is 11.1 Å². The summed E-state index contributed by atoms with van der Waals surface area (Å²) in [5.41, 5.74) is 5.05. The van der Waals surface area contributed by atoms with E-state index >= 15 is 0 Å². The largest absolute Gasteiger partial charge is 0.418 e. The average molecular weight is 320 g/mol. The molecule has 0 spiro atoms. The Morgan fingerprint density at radius 2 is 2.00 bits per heavy atom. The first-order valence-corrected chi connectivity index (χ1v) is 6.33. The van der Waals surface area contributed by atoms with Gasteiger partial charge in [-0.3, -0.25) is 0 Å². The highest BCUT2D eigenvalue weighted by Crippen LogP contribution is 2.34. The standard InChI is InChI=1S/C14H11F3N6/c1-8-6-9(7-18)21-13(20-8)23-12(19)22-11-5-3-2-4-10(11)14(15,16)17/h2-6H,1H3,(H3,19,20,21,22,23). The van der Waals surface area contributed by atoms with Crippen molar-refractivity contribution in [2.24, 2.45) is 10.7 Å². The smallest absolute Gasteiger partial charge is 0.369 e. The van der Waals surface area contributed by atoms with Gasteiger partial charge in [0.1, 0.15) is 11.8 Å². The Labute approximate surface area is 129 Å². The molecule has 118 valence electrons. The molecule has 9 heteroatoms. The van der Waals surface area contributed by atoms with E-state index in [9.17, 15) is 13.2 Å². The van der Waals surface area contributed by atoms with Crippen LogP contribution in [0.2, 0.25) is 0 Å². The number of guanidine groups is 1. The van der Waals surface area contributed by atoms with E-state index in [0.29, 0.717) is 5.69 Å². The number of nitrogens with one attached hydrogen (secondary N) is 1. The van der Waals surface area contributed by atoms with Crippen molar-refractivity contribution in [3.63, 3.8) is 0 Å². The van der Waals surface area contributed by atoms with Gasteiger partial charge in [-0.1, -0.05) is 12.1 Å². The molecule has 0 aliphatic heterocycles. The van der Waals surface area contributed by atoms with Gasteiger partial charge in [0.15, 0.2) is 0 Å². The number of hydrogen-bond donors (Lipinski definition) is 2. The summed E-state index contributed by atoms with van der Waals surface area (Å²) in [7, 11) is 0. The molecule has 6 nitrogen and oxygen atoms in total. The molecule has 23 heavy (non-hydrogen) atoms. The molecule has 1 aromatic heterocycles. The third-order valence-electron chi connectivity index (χ3n) is 2.67. The van der Waals surface area contributed by atoms with Crippen molar-refractivity contribution in [1.82, 2.24) is 9.97 Å². The summed E-state index contributed by atoms with van der Waals surface area (Å²) in [6.07, 6.45) is -4.53. The zero-order valence-electron chi connectivity index (χ0n) is 11.9. The van der Waals surface area contributed by atoms with Crippen LogP contribution in [0.3, 0.4) is 0 Å². The minimum Gasteiger partial charge on any atom is -0.369 e. The first-order valence-electron chi connectivity index (χ1n) is 6.33. The number of alkyl halides is 3. The lowest BCUT2D eigenvalue weighted by Crippen LogP contribution is -2.24. The van der Waals surface area contributed by atoms with Gasteiger partial charge in [-0.15, -0.1) is 0 Å².